The maximum Gasteiger partial charge on any atom is 0.250 e. The standard InChI is InChI=1S/C21H16N2O2S/c1-25-16-10-11-18-19(13-16)26-21(22-18)23-20(24)12-9-15-7-4-6-14-5-2-3-8-17(14)15/h2-13H,1H3,(H,22,23,24)/b12-9+. The summed E-state index contributed by atoms with van der Waals surface area (Å²) in [5.74, 6) is 0.568. The summed E-state index contributed by atoms with van der Waals surface area (Å²) in [7, 11) is 1.63. The van der Waals surface area contributed by atoms with Crippen molar-refractivity contribution in [1.82, 2.24) is 4.98 Å². The topological polar surface area (TPSA) is 51.2 Å². The van der Waals surface area contributed by atoms with Gasteiger partial charge in [-0.2, -0.15) is 0 Å². The fourth-order valence-corrected chi connectivity index (χ4v) is 3.69. The summed E-state index contributed by atoms with van der Waals surface area (Å²) in [6.45, 7) is 0. The number of ether oxygens (including phenoxy) is 1. The van der Waals surface area contributed by atoms with E-state index >= 15 is 0 Å². The SMILES string of the molecule is COc1ccc2nc(NC(=O)/C=C/c3cccc4ccccc34)sc2c1. The van der Waals surface area contributed by atoms with Crippen LogP contribution in [0.5, 0.6) is 5.75 Å². The van der Waals surface area contributed by atoms with Crippen LogP contribution >= 0.6 is 11.3 Å². The number of carbonyl (C=O) groups excluding carboxylic acids is 1. The molecule has 0 radical (unpaired) electrons. The molecule has 26 heavy (non-hydrogen) atoms. The first kappa shape index (κ1) is 16.3. The molecule has 5 heteroatoms. The van der Waals surface area contributed by atoms with Crippen LogP contribution in [0.3, 0.4) is 0 Å². The largest absolute Gasteiger partial charge is 0.497 e. The zero-order valence-corrected chi connectivity index (χ0v) is 14.9. The Kier molecular flexibility index (Phi) is 4.37. The van der Waals surface area contributed by atoms with Crippen LogP contribution in [0.4, 0.5) is 5.13 Å². The van der Waals surface area contributed by atoms with E-state index < -0.39 is 0 Å². The summed E-state index contributed by atoms with van der Waals surface area (Å²) in [6.07, 6.45) is 3.36. The molecule has 3 aromatic carbocycles. The quantitative estimate of drug-likeness (QED) is 0.515. The zero-order chi connectivity index (χ0) is 17.9. The maximum absolute atomic E-state index is 12.3. The number of carbonyl (C=O) groups is 1. The van der Waals surface area contributed by atoms with Crippen molar-refractivity contribution in [2.75, 3.05) is 12.4 Å². The number of anilines is 1. The fraction of sp³-hybridized carbons (Fsp3) is 0.0476. The molecule has 0 aliphatic carbocycles. The highest BCUT2D eigenvalue weighted by atomic mass is 32.1. The van der Waals surface area contributed by atoms with E-state index in [1.54, 1.807) is 7.11 Å². The van der Waals surface area contributed by atoms with Gasteiger partial charge < -0.3 is 4.74 Å². The lowest BCUT2D eigenvalue weighted by molar-refractivity contribution is -0.111. The third-order valence-corrected chi connectivity index (χ3v) is 5.00. The number of rotatable bonds is 4. The molecule has 1 aromatic heterocycles. The molecule has 0 fully saturated rings. The molecule has 4 rings (SSSR count). The van der Waals surface area contributed by atoms with Gasteiger partial charge in [0, 0.05) is 6.08 Å². The van der Waals surface area contributed by atoms with Crippen LogP contribution in [0, 0.1) is 0 Å². The second-order valence-corrected chi connectivity index (χ2v) is 6.77. The molecule has 1 heterocycles. The number of benzene rings is 3. The van der Waals surface area contributed by atoms with Crippen molar-refractivity contribution in [2.45, 2.75) is 0 Å². The molecule has 1 N–H and O–H groups in total. The van der Waals surface area contributed by atoms with Crippen LogP contribution in [0.25, 0.3) is 27.1 Å². The molecule has 0 aliphatic rings. The summed E-state index contributed by atoms with van der Waals surface area (Å²) >= 11 is 1.42. The van der Waals surface area contributed by atoms with Crippen LogP contribution in [-0.4, -0.2) is 18.0 Å². The number of nitrogens with one attached hydrogen (secondary N) is 1. The number of hydrogen-bond acceptors (Lipinski definition) is 4. The smallest absolute Gasteiger partial charge is 0.250 e. The van der Waals surface area contributed by atoms with Crippen LogP contribution < -0.4 is 10.1 Å². The van der Waals surface area contributed by atoms with Crippen LogP contribution in [0.1, 0.15) is 5.56 Å². The van der Waals surface area contributed by atoms with Crippen LogP contribution in [0.15, 0.2) is 66.7 Å². The molecule has 4 nitrogen and oxygen atoms in total. The Hall–Kier alpha value is -3.18. The van der Waals surface area contributed by atoms with Crippen molar-refractivity contribution in [3.05, 3.63) is 72.3 Å². The number of fused-ring (bicyclic) bond motifs is 2. The Bertz CT molecular complexity index is 1130. The van der Waals surface area contributed by atoms with Crippen molar-refractivity contribution in [2.24, 2.45) is 0 Å². The number of methoxy groups -OCH3 is 1. The van der Waals surface area contributed by atoms with Gasteiger partial charge in [0.05, 0.1) is 17.3 Å². The van der Waals surface area contributed by atoms with Gasteiger partial charge in [0.1, 0.15) is 5.75 Å². The summed E-state index contributed by atoms with van der Waals surface area (Å²) in [5.41, 5.74) is 1.84. The monoisotopic (exact) mass is 360 g/mol. The molecule has 0 saturated carbocycles. The molecule has 128 valence electrons. The van der Waals surface area contributed by atoms with Gasteiger partial charge in [0.15, 0.2) is 5.13 Å². The summed E-state index contributed by atoms with van der Waals surface area (Å²) in [4.78, 5) is 16.7. The van der Waals surface area contributed by atoms with Crippen molar-refractivity contribution in [3.8, 4) is 5.75 Å². The van der Waals surface area contributed by atoms with Crippen LogP contribution in [-0.2, 0) is 4.79 Å². The molecular weight excluding hydrogens is 344 g/mol. The lowest BCUT2D eigenvalue weighted by atomic mass is 10.0. The van der Waals surface area contributed by atoms with Crippen molar-refractivity contribution >= 4 is 49.4 Å². The molecular formula is C21H16N2O2S. The average molecular weight is 360 g/mol. The van der Waals surface area contributed by atoms with E-state index in [1.807, 2.05) is 54.6 Å². The Labute approximate surface area is 154 Å². The Balaban J connectivity index is 1.54. The van der Waals surface area contributed by atoms with Gasteiger partial charge in [-0.3, -0.25) is 10.1 Å². The van der Waals surface area contributed by atoms with Gasteiger partial charge in [-0.1, -0.05) is 53.8 Å². The highest BCUT2D eigenvalue weighted by Crippen LogP contribution is 2.29. The van der Waals surface area contributed by atoms with E-state index in [0.29, 0.717) is 5.13 Å². The minimum absolute atomic E-state index is 0.205. The van der Waals surface area contributed by atoms with Gasteiger partial charge in [-0.25, -0.2) is 4.98 Å². The van der Waals surface area contributed by atoms with Crippen molar-refractivity contribution in [3.63, 3.8) is 0 Å². The predicted octanol–water partition coefficient (Wildman–Crippen LogP) is 5.11. The normalized spacial score (nSPS) is 11.3. The zero-order valence-electron chi connectivity index (χ0n) is 14.1. The van der Waals surface area contributed by atoms with Crippen molar-refractivity contribution in [1.29, 1.82) is 0 Å². The fourth-order valence-electron chi connectivity index (χ4n) is 2.79. The third-order valence-electron chi connectivity index (χ3n) is 4.06. The molecule has 0 aliphatic heterocycles. The number of amides is 1. The maximum atomic E-state index is 12.3. The molecule has 1 amide bonds. The Morgan fingerprint density at radius 2 is 1.96 bits per heavy atom. The molecule has 0 atom stereocenters. The van der Waals surface area contributed by atoms with Gasteiger partial charge in [-0.15, -0.1) is 0 Å². The highest BCUT2D eigenvalue weighted by Gasteiger charge is 2.07. The number of nitrogens with zero attached hydrogens (tertiary/aromatic N) is 1. The van der Waals surface area contributed by atoms with Crippen molar-refractivity contribution < 1.29 is 9.53 Å². The van der Waals surface area contributed by atoms with Gasteiger partial charge in [0.25, 0.3) is 0 Å². The third kappa shape index (κ3) is 3.30. The molecule has 0 saturated heterocycles. The van der Waals surface area contributed by atoms with E-state index in [4.69, 9.17) is 4.74 Å². The highest BCUT2D eigenvalue weighted by molar-refractivity contribution is 7.22. The minimum Gasteiger partial charge on any atom is -0.497 e. The van der Waals surface area contributed by atoms with Crippen LogP contribution in [0.2, 0.25) is 0 Å². The van der Waals surface area contributed by atoms with E-state index in [9.17, 15) is 4.79 Å². The molecule has 0 bridgehead atoms. The number of aromatic nitrogens is 1. The Morgan fingerprint density at radius 1 is 1.12 bits per heavy atom. The average Bonchev–Trinajstić information content (AvgIpc) is 3.07. The van der Waals surface area contributed by atoms with E-state index in [2.05, 4.69) is 22.4 Å². The molecule has 0 unspecified atom stereocenters. The predicted molar refractivity (Wildman–Crippen MR) is 108 cm³/mol. The molecule has 4 aromatic rings. The summed E-state index contributed by atoms with van der Waals surface area (Å²) in [6, 6.07) is 19.8. The van der Waals surface area contributed by atoms with Gasteiger partial charge in [0.2, 0.25) is 5.91 Å². The summed E-state index contributed by atoms with van der Waals surface area (Å²) in [5, 5.41) is 5.66. The Morgan fingerprint density at radius 3 is 2.85 bits per heavy atom. The number of thiazole rings is 1. The second kappa shape index (κ2) is 6.98. The summed E-state index contributed by atoms with van der Waals surface area (Å²) < 4.78 is 6.19. The lowest BCUT2D eigenvalue weighted by Crippen LogP contribution is -2.07. The number of hydrogen-bond donors (Lipinski definition) is 1. The molecule has 0 spiro atoms. The first-order valence-electron chi connectivity index (χ1n) is 8.14. The van der Waals surface area contributed by atoms with E-state index in [-0.39, 0.29) is 5.91 Å². The second-order valence-electron chi connectivity index (χ2n) is 5.74. The van der Waals surface area contributed by atoms with E-state index in [1.165, 1.54) is 17.4 Å². The van der Waals surface area contributed by atoms with Gasteiger partial charge in [-0.05, 0) is 40.6 Å². The lowest BCUT2D eigenvalue weighted by Gasteiger charge is -2.01. The first-order chi connectivity index (χ1) is 12.7. The minimum atomic E-state index is -0.205. The first-order valence-corrected chi connectivity index (χ1v) is 8.96. The van der Waals surface area contributed by atoms with Gasteiger partial charge >= 0.3 is 0 Å². The van der Waals surface area contributed by atoms with E-state index in [0.717, 1.165) is 32.3 Å².